The number of hydrogen-bond acceptors (Lipinski definition) is 1. The van der Waals surface area contributed by atoms with Crippen molar-refractivity contribution in [3.63, 3.8) is 0 Å². The second-order valence-corrected chi connectivity index (χ2v) is 6.52. The van der Waals surface area contributed by atoms with Crippen molar-refractivity contribution in [1.29, 1.82) is 0 Å². The van der Waals surface area contributed by atoms with Gasteiger partial charge in [0.15, 0.2) is 0 Å². The first kappa shape index (κ1) is 13.5. The fourth-order valence-corrected chi connectivity index (χ4v) is 2.54. The van der Waals surface area contributed by atoms with Crippen LogP contribution in [0.25, 0.3) is 0 Å². The second-order valence-electron chi connectivity index (χ2n) is 6.52. The van der Waals surface area contributed by atoms with Gasteiger partial charge in [-0.2, -0.15) is 0 Å². The molecule has 1 aromatic rings. The summed E-state index contributed by atoms with van der Waals surface area (Å²) in [7, 11) is 0. The van der Waals surface area contributed by atoms with Crippen LogP contribution in [-0.2, 0) is 11.8 Å². The fraction of sp³-hybridized carbons (Fsp3) is 0.625. The number of rotatable bonds is 2. The molecular formula is C16H24FN. The molecule has 0 saturated carbocycles. The van der Waals surface area contributed by atoms with Gasteiger partial charge < -0.3 is 5.32 Å². The van der Waals surface area contributed by atoms with Gasteiger partial charge >= 0.3 is 0 Å². The van der Waals surface area contributed by atoms with E-state index in [1.54, 1.807) is 0 Å². The lowest BCUT2D eigenvalue weighted by Crippen LogP contribution is -2.40. The predicted octanol–water partition coefficient (Wildman–Crippen LogP) is 3.62. The topological polar surface area (TPSA) is 12.0 Å². The normalized spacial score (nSPS) is 19.8. The third-order valence-corrected chi connectivity index (χ3v) is 3.84. The minimum atomic E-state index is -1.01. The Morgan fingerprint density at radius 2 is 1.67 bits per heavy atom. The average molecular weight is 249 g/mol. The molecule has 1 fully saturated rings. The SMILES string of the molecule is CC(C)(C)c1ccc(CC2(F)CCNCC2)cc1. The molecule has 0 radical (unpaired) electrons. The van der Waals surface area contributed by atoms with Crippen LogP contribution in [0, 0.1) is 0 Å². The van der Waals surface area contributed by atoms with Crippen molar-refractivity contribution in [3.8, 4) is 0 Å². The minimum absolute atomic E-state index is 0.167. The Morgan fingerprint density at radius 1 is 1.11 bits per heavy atom. The molecule has 100 valence electrons. The summed E-state index contributed by atoms with van der Waals surface area (Å²) in [6, 6.07) is 8.45. The monoisotopic (exact) mass is 249 g/mol. The third-order valence-electron chi connectivity index (χ3n) is 3.84. The van der Waals surface area contributed by atoms with Crippen molar-refractivity contribution >= 4 is 0 Å². The zero-order chi connectivity index (χ0) is 13.2. The van der Waals surface area contributed by atoms with E-state index in [1.807, 2.05) is 0 Å². The number of halogens is 1. The highest BCUT2D eigenvalue weighted by Crippen LogP contribution is 2.29. The van der Waals surface area contributed by atoms with E-state index in [2.05, 4.69) is 50.4 Å². The zero-order valence-corrected chi connectivity index (χ0v) is 11.7. The number of piperidine rings is 1. The quantitative estimate of drug-likeness (QED) is 0.844. The molecule has 2 rings (SSSR count). The number of hydrogen-bond donors (Lipinski definition) is 1. The summed E-state index contributed by atoms with van der Waals surface area (Å²) in [5.74, 6) is 0. The maximum Gasteiger partial charge on any atom is 0.117 e. The molecule has 1 heterocycles. The van der Waals surface area contributed by atoms with Gasteiger partial charge in [-0.15, -0.1) is 0 Å². The first-order chi connectivity index (χ1) is 8.39. The van der Waals surface area contributed by atoms with Crippen molar-refractivity contribution in [2.24, 2.45) is 0 Å². The third kappa shape index (κ3) is 3.32. The van der Waals surface area contributed by atoms with Gasteiger partial charge in [0, 0.05) is 6.42 Å². The summed E-state index contributed by atoms with van der Waals surface area (Å²) in [4.78, 5) is 0. The van der Waals surface area contributed by atoms with E-state index in [9.17, 15) is 4.39 Å². The Balaban J connectivity index is 2.06. The Hall–Kier alpha value is -0.890. The Labute approximate surface area is 110 Å². The molecule has 0 bridgehead atoms. The molecule has 1 aliphatic heterocycles. The van der Waals surface area contributed by atoms with Gasteiger partial charge in [-0.3, -0.25) is 0 Å². The molecule has 0 unspecified atom stereocenters. The zero-order valence-electron chi connectivity index (χ0n) is 11.7. The fourth-order valence-electron chi connectivity index (χ4n) is 2.54. The van der Waals surface area contributed by atoms with Crippen LogP contribution in [0.1, 0.15) is 44.7 Å². The van der Waals surface area contributed by atoms with Crippen LogP contribution in [-0.4, -0.2) is 18.8 Å². The van der Waals surface area contributed by atoms with Gasteiger partial charge in [-0.25, -0.2) is 4.39 Å². The molecular weight excluding hydrogens is 225 g/mol. The van der Waals surface area contributed by atoms with Gasteiger partial charge in [0.2, 0.25) is 0 Å². The molecule has 1 aliphatic rings. The van der Waals surface area contributed by atoms with Crippen molar-refractivity contribution < 1.29 is 4.39 Å². The van der Waals surface area contributed by atoms with Gasteiger partial charge in [0.1, 0.15) is 5.67 Å². The van der Waals surface area contributed by atoms with Crippen LogP contribution in [0.3, 0.4) is 0 Å². The van der Waals surface area contributed by atoms with Crippen molar-refractivity contribution in [3.05, 3.63) is 35.4 Å². The standard InChI is InChI=1S/C16H24FN/c1-15(2,3)14-6-4-13(5-7-14)12-16(17)8-10-18-11-9-16/h4-7,18H,8-12H2,1-3H3. The maximum atomic E-state index is 14.6. The lowest BCUT2D eigenvalue weighted by molar-refractivity contribution is 0.116. The van der Waals surface area contributed by atoms with E-state index in [0.717, 1.165) is 18.7 Å². The maximum absolute atomic E-state index is 14.6. The Bertz CT molecular complexity index is 383. The minimum Gasteiger partial charge on any atom is -0.316 e. The van der Waals surface area contributed by atoms with Crippen molar-refractivity contribution in [1.82, 2.24) is 5.32 Å². The molecule has 0 aromatic heterocycles. The highest BCUT2D eigenvalue weighted by Gasteiger charge is 2.31. The number of benzene rings is 1. The van der Waals surface area contributed by atoms with E-state index < -0.39 is 5.67 Å². The lowest BCUT2D eigenvalue weighted by Gasteiger charge is -2.30. The van der Waals surface area contributed by atoms with Crippen LogP contribution in [0.4, 0.5) is 4.39 Å². The summed E-state index contributed by atoms with van der Waals surface area (Å²) in [6.45, 7) is 8.20. The first-order valence-electron chi connectivity index (χ1n) is 6.88. The molecule has 0 amide bonds. The van der Waals surface area contributed by atoms with Crippen molar-refractivity contribution in [2.75, 3.05) is 13.1 Å². The summed E-state index contributed by atoms with van der Waals surface area (Å²) < 4.78 is 14.6. The Morgan fingerprint density at radius 3 is 2.17 bits per heavy atom. The molecule has 0 aliphatic carbocycles. The molecule has 0 spiro atoms. The van der Waals surface area contributed by atoms with Crippen LogP contribution < -0.4 is 5.32 Å². The van der Waals surface area contributed by atoms with Crippen LogP contribution in [0.15, 0.2) is 24.3 Å². The second kappa shape index (κ2) is 5.00. The smallest absolute Gasteiger partial charge is 0.117 e. The highest BCUT2D eigenvalue weighted by molar-refractivity contribution is 5.28. The van der Waals surface area contributed by atoms with E-state index in [0.29, 0.717) is 19.3 Å². The summed E-state index contributed by atoms with van der Waals surface area (Å²) in [6.07, 6.45) is 1.82. The van der Waals surface area contributed by atoms with E-state index in [4.69, 9.17) is 0 Å². The highest BCUT2D eigenvalue weighted by atomic mass is 19.1. The van der Waals surface area contributed by atoms with Gasteiger partial charge in [-0.05, 0) is 42.5 Å². The molecule has 1 aromatic carbocycles. The summed E-state index contributed by atoms with van der Waals surface area (Å²) >= 11 is 0. The van der Waals surface area contributed by atoms with Gasteiger partial charge in [0.05, 0.1) is 0 Å². The van der Waals surface area contributed by atoms with Crippen LogP contribution in [0.5, 0.6) is 0 Å². The Kier molecular flexibility index (Phi) is 3.76. The lowest BCUT2D eigenvalue weighted by atomic mass is 9.84. The summed E-state index contributed by atoms with van der Waals surface area (Å²) in [5, 5.41) is 3.21. The molecule has 0 atom stereocenters. The van der Waals surface area contributed by atoms with Crippen LogP contribution >= 0.6 is 0 Å². The van der Waals surface area contributed by atoms with E-state index in [1.165, 1.54) is 5.56 Å². The first-order valence-corrected chi connectivity index (χ1v) is 6.88. The molecule has 1 nitrogen and oxygen atoms in total. The summed E-state index contributed by atoms with van der Waals surface area (Å²) in [5.41, 5.74) is 1.59. The van der Waals surface area contributed by atoms with E-state index >= 15 is 0 Å². The van der Waals surface area contributed by atoms with E-state index in [-0.39, 0.29) is 5.41 Å². The molecule has 18 heavy (non-hydrogen) atoms. The van der Waals surface area contributed by atoms with Crippen LogP contribution in [0.2, 0.25) is 0 Å². The number of nitrogens with one attached hydrogen (secondary N) is 1. The molecule has 2 heteroatoms. The molecule has 1 N–H and O–H groups in total. The van der Waals surface area contributed by atoms with Crippen molar-refractivity contribution in [2.45, 2.75) is 51.1 Å². The van der Waals surface area contributed by atoms with Gasteiger partial charge in [0.25, 0.3) is 0 Å². The number of alkyl halides is 1. The predicted molar refractivity (Wildman–Crippen MR) is 74.8 cm³/mol. The largest absolute Gasteiger partial charge is 0.316 e. The van der Waals surface area contributed by atoms with Gasteiger partial charge in [-0.1, -0.05) is 45.0 Å². The molecule has 1 saturated heterocycles. The average Bonchev–Trinajstić information content (AvgIpc) is 2.29.